The zero-order valence-electron chi connectivity index (χ0n) is 13.8. The highest BCUT2D eigenvalue weighted by atomic mass is 32.1. The van der Waals surface area contributed by atoms with Crippen molar-refractivity contribution in [3.05, 3.63) is 35.3 Å². The first-order chi connectivity index (χ1) is 11.3. The van der Waals surface area contributed by atoms with Crippen LogP contribution in [0.25, 0.3) is 0 Å². The van der Waals surface area contributed by atoms with E-state index in [0.717, 1.165) is 11.4 Å². The Kier molecular flexibility index (Phi) is 4.28. The van der Waals surface area contributed by atoms with E-state index in [1.54, 1.807) is 17.0 Å². The number of hydrogen-bond donors (Lipinski definition) is 1. The molecule has 6 nitrogen and oxygen atoms in total. The Morgan fingerprint density at radius 3 is 2.83 bits per heavy atom. The lowest BCUT2D eigenvalue weighted by Gasteiger charge is -2.28. The molecule has 2 heterocycles. The van der Waals surface area contributed by atoms with Crippen LogP contribution in [0.5, 0.6) is 5.75 Å². The van der Waals surface area contributed by atoms with Crippen molar-refractivity contribution in [3.63, 3.8) is 0 Å². The van der Waals surface area contributed by atoms with Gasteiger partial charge in [-0.25, -0.2) is 9.78 Å². The SMILES string of the molecule is CC(C)(C)c1csc(NC(=O)CN2CC(=O)Oc3ccccc32)n1. The summed E-state index contributed by atoms with van der Waals surface area (Å²) in [7, 11) is 0. The molecule has 3 rings (SSSR count). The number of carbonyl (C=O) groups is 2. The number of esters is 1. The summed E-state index contributed by atoms with van der Waals surface area (Å²) in [5, 5.41) is 5.32. The number of aromatic nitrogens is 1. The van der Waals surface area contributed by atoms with E-state index in [9.17, 15) is 9.59 Å². The third-order valence-electron chi connectivity index (χ3n) is 3.60. The third kappa shape index (κ3) is 3.56. The summed E-state index contributed by atoms with van der Waals surface area (Å²) in [5.74, 6) is -0.106. The molecule has 0 spiro atoms. The van der Waals surface area contributed by atoms with E-state index in [-0.39, 0.29) is 30.4 Å². The smallest absolute Gasteiger partial charge is 0.331 e. The summed E-state index contributed by atoms with van der Waals surface area (Å²) >= 11 is 1.40. The van der Waals surface area contributed by atoms with E-state index in [2.05, 4.69) is 31.1 Å². The summed E-state index contributed by atoms with van der Waals surface area (Å²) in [5.41, 5.74) is 1.62. The molecule has 2 aromatic rings. The van der Waals surface area contributed by atoms with Crippen LogP contribution in [0.3, 0.4) is 0 Å². The zero-order chi connectivity index (χ0) is 17.3. The summed E-state index contributed by atoms with van der Waals surface area (Å²) in [6.07, 6.45) is 0. The van der Waals surface area contributed by atoms with Crippen molar-refractivity contribution in [2.45, 2.75) is 26.2 Å². The van der Waals surface area contributed by atoms with Gasteiger partial charge >= 0.3 is 5.97 Å². The number of carbonyl (C=O) groups excluding carboxylic acids is 2. The number of hydrogen-bond acceptors (Lipinski definition) is 6. The number of rotatable bonds is 3. The van der Waals surface area contributed by atoms with Crippen molar-refractivity contribution in [2.24, 2.45) is 0 Å². The average Bonchev–Trinajstić information content (AvgIpc) is 2.95. The highest BCUT2D eigenvalue weighted by molar-refractivity contribution is 7.13. The van der Waals surface area contributed by atoms with E-state index in [1.165, 1.54) is 11.3 Å². The number of nitrogens with one attached hydrogen (secondary N) is 1. The molecular formula is C17H19N3O3S. The van der Waals surface area contributed by atoms with Gasteiger partial charge in [-0.3, -0.25) is 4.79 Å². The molecule has 1 aliphatic rings. The minimum atomic E-state index is -0.370. The number of para-hydroxylation sites is 2. The van der Waals surface area contributed by atoms with Crippen LogP contribution >= 0.6 is 11.3 Å². The van der Waals surface area contributed by atoms with Crippen LogP contribution < -0.4 is 15.0 Å². The van der Waals surface area contributed by atoms with Gasteiger partial charge in [-0.1, -0.05) is 32.9 Å². The fourth-order valence-corrected chi connectivity index (χ4v) is 3.30. The molecule has 0 unspecified atom stereocenters. The Morgan fingerprint density at radius 1 is 1.38 bits per heavy atom. The summed E-state index contributed by atoms with van der Waals surface area (Å²) < 4.78 is 5.18. The van der Waals surface area contributed by atoms with Gasteiger partial charge in [-0.2, -0.15) is 0 Å². The van der Waals surface area contributed by atoms with Crippen LogP contribution in [0, 0.1) is 0 Å². The van der Waals surface area contributed by atoms with Crippen molar-refractivity contribution in [2.75, 3.05) is 23.3 Å². The molecular weight excluding hydrogens is 326 g/mol. The summed E-state index contributed by atoms with van der Waals surface area (Å²) in [6, 6.07) is 7.18. The maximum Gasteiger partial charge on any atom is 0.331 e. The van der Waals surface area contributed by atoms with Gasteiger partial charge in [0.05, 0.1) is 17.9 Å². The van der Waals surface area contributed by atoms with Crippen molar-refractivity contribution >= 4 is 34.0 Å². The minimum Gasteiger partial charge on any atom is -0.423 e. The third-order valence-corrected chi connectivity index (χ3v) is 4.36. The number of thiazole rings is 1. The molecule has 0 saturated carbocycles. The van der Waals surface area contributed by atoms with Crippen LogP contribution in [-0.4, -0.2) is 29.9 Å². The van der Waals surface area contributed by atoms with E-state index in [0.29, 0.717) is 10.9 Å². The largest absolute Gasteiger partial charge is 0.423 e. The number of nitrogens with zero attached hydrogens (tertiary/aromatic N) is 2. The van der Waals surface area contributed by atoms with Gasteiger partial charge in [-0.15, -0.1) is 11.3 Å². The first-order valence-corrected chi connectivity index (χ1v) is 8.51. The Morgan fingerprint density at radius 2 is 2.12 bits per heavy atom. The van der Waals surface area contributed by atoms with Crippen LogP contribution in [-0.2, 0) is 15.0 Å². The molecule has 126 valence electrons. The monoisotopic (exact) mass is 345 g/mol. The Hall–Kier alpha value is -2.41. The quantitative estimate of drug-likeness (QED) is 0.684. The highest BCUT2D eigenvalue weighted by Crippen LogP contribution is 2.31. The lowest BCUT2D eigenvalue weighted by molar-refractivity contribution is -0.133. The maximum atomic E-state index is 12.3. The van der Waals surface area contributed by atoms with E-state index >= 15 is 0 Å². The van der Waals surface area contributed by atoms with Gasteiger partial charge in [0, 0.05) is 10.8 Å². The molecule has 24 heavy (non-hydrogen) atoms. The number of amides is 1. The van der Waals surface area contributed by atoms with Crippen molar-refractivity contribution in [1.29, 1.82) is 0 Å². The Labute approximate surface area is 144 Å². The maximum absolute atomic E-state index is 12.3. The number of ether oxygens (including phenoxy) is 1. The van der Waals surface area contributed by atoms with E-state index < -0.39 is 0 Å². The highest BCUT2D eigenvalue weighted by Gasteiger charge is 2.25. The summed E-state index contributed by atoms with van der Waals surface area (Å²) in [4.78, 5) is 30.2. The molecule has 1 aliphatic heterocycles. The van der Waals surface area contributed by atoms with Gasteiger partial charge in [0.15, 0.2) is 10.9 Å². The van der Waals surface area contributed by atoms with Crippen molar-refractivity contribution < 1.29 is 14.3 Å². The zero-order valence-corrected chi connectivity index (χ0v) is 14.6. The van der Waals surface area contributed by atoms with Crippen LogP contribution in [0.4, 0.5) is 10.8 Å². The fraction of sp³-hybridized carbons (Fsp3) is 0.353. The Balaban J connectivity index is 1.69. The van der Waals surface area contributed by atoms with Crippen LogP contribution in [0.15, 0.2) is 29.6 Å². The fourth-order valence-electron chi connectivity index (χ4n) is 2.35. The lowest BCUT2D eigenvalue weighted by atomic mass is 9.93. The van der Waals surface area contributed by atoms with Gasteiger partial charge in [-0.05, 0) is 12.1 Å². The number of benzene rings is 1. The second-order valence-electron chi connectivity index (χ2n) is 6.63. The molecule has 0 bridgehead atoms. The molecule has 0 atom stereocenters. The molecule has 0 radical (unpaired) electrons. The molecule has 1 aromatic heterocycles. The molecule has 0 fully saturated rings. The van der Waals surface area contributed by atoms with Gasteiger partial charge in [0.1, 0.15) is 6.54 Å². The normalized spacial score (nSPS) is 14.1. The minimum absolute atomic E-state index is 0.0511. The van der Waals surface area contributed by atoms with Crippen LogP contribution in [0.2, 0.25) is 0 Å². The topological polar surface area (TPSA) is 71.5 Å². The van der Waals surface area contributed by atoms with Crippen LogP contribution in [0.1, 0.15) is 26.5 Å². The second kappa shape index (κ2) is 6.24. The van der Waals surface area contributed by atoms with Crippen molar-refractivity contribution in [3.8, 4) is 5.75 Å². The van der Waals surface area contributed by atoms with Crippen molar-refractivity contribution in [1.82, 2.24) is 4.98 Å². The van der Waals surface area contributed by atoms with Gasteiger partial charge < -0.3 is 15.0 Å². The number of fused-ring (bicyclic) bond motifs is 1. The summed E-state index contributed by atoms with van der Waals surface area (Å²) in [6.45, 7) is 6.34. The predicted octanol–water partition coefficient (Wildman–Crippen LogP) is 2.80. The van der Waals surface area contributed by atoms with E-state index in [4.69, 9.17) is 4.74 Å². The number of anilines is 2. The molecule has 1 N–H and O–H groups in total. The van der Waals surface area contributed by atoms with E-state index in [1.807, 2.05) is 17.5 Å². The predicted molar refractivity (Wildman–Crippen MR) is 93.7 cm³/mol. The Bertz CT molecular complexity index is 779. The first kappa shape index (κ1) is 16.4. The lowest BCUT2D eigenvalue weighted by Crippen LogP contribution is -2.41. The average molecular weight is 345 g/mol. The molecule has 1 amide bonds. The molecule has 1 aromatic carbocycles. The first-order valence-electron chi connectivity index (χ1n) is 7.63. The van der Waals surface area contributed by atoms with Gasteiger partial charge in [0.2, 0.25) is 5.91 Å². The standard InChI is InChI=1S/C17H19N3O3S/c1-17(2,3)13-10-24-16(18-13)19-14(21)8-20-9-15(22)23-12-7-5-4-6-11(12)20/h4-7,10H,8-9H2,1-3H3,(H,18,19,21). The molecule has 0 saturated heterocycles. The second-order valence-corrected chi connectivity index (χ2v) is 7.49. The van der Waals surface area contributed by atoms with Gasteiger partial charge in [0.25, 0.3) is 0 Å². The molecule has 0 aliphatic carbocycles. The molecule has 7 heteroatoms.